The molecule has 2 aliphatic rings. The highest BCUT2D eigenvalue weighted by molar-refractivity contribution is 5.71. The summed E-state index contributed by atoms with van der Waals surface area (Å²) in [5.74, 6) is 0. The SMILES string of the molecule is CN1CCN(CCCN2c3ccccc3CCc3ccccc32)CC(OC(=O)O)C1. The van der Waals surface area contributed by atoms with Gasteiger partial charge in [-0.2, -0.15) is 0 Å². The minimum atomic E-state index is -1.19. The van der Waals surface area contributed by atoms with Gasteiger partial charge in [0.15, 0.2) is 0 Å². The predicted molar refractivity (Wildman–Crippen MR) is 119 cm³/mol. The summed E-state index contributed by atoms with van der Waals surface area (Å²) in [6.45, 7) is 5.02. The van der Waals surface area contributed by atoms with Gasteiger partial charge in [0, 0.05) is 50.6 Å². The second kappa shape index (κ2) is 9.49. The molecule has 0 saturated carbocycles. The van der Waals surface area contributed by atoms with Crippen molar-refractivity contribution in [2.24, 2.45) is 0 Å². The molecule has 30 heavy (non-hydrogen) atoms. The van der Waals surface area contributed by atoms with Gasteiger partial charge in [-0.3, -0.25) is 4.90 Å². The first-order valence-electron chi connectivity index (χ1n) is 10.8. The van der Waals surface area contributed by atoms with Crippen molar-refractivity contribution in [3.63, 3.8) is 0 Å². The first-order chi connectivity index (χ1) is 14.6. The van der Waals surface area contributed by atoms with Crippen molar-refractivity contribution in [3.05, 3.63) is 59.7 Å². The number of ether oxygens (including phenoxy) is 1. The molecule has 1 fully saturated rings. The van der Waals surface area contributed by atoms with Crippen LogP contribution in [-0.4, -0.2) is 73.5 Å². The Morgan fingerprint density at radius 2 is 1.60 bits per heavy atom. The molecule has 1 saturated heterocycles. The topological polar surface area (TPSA) is 56.2 Å². The summed E-state index contributed by atoms with van der Waals surface area (Å²) >= 11 is 0. The number of hydrogen-bond donors (Lipinski definition) is 1. The van der Waals surface area contributed by atoms with Gasteiger partial charge in [-0.1, -0.05) is 36.4 Å². The molecule has 0 radical (unpaired) electrons. The lowest BCUT2D eigenvalue weighted by Gasteiger charge is -2.29. The van der Waals surface area contributed by atoms with Gasteiger partial charge in [0.2, 0.25) is 0 Å². The van der Waals surface area contributed by atoms with Crippen molar-refractivity contribution in [1.82, 2.24) is 9.80 Å². The number of aryl methyl sites for hydroxylation is 2. The average molecular weight is 410 g/mol. The highest BCUT2D eigenvalue weighted by Crippen LogP contribution is 2.35. The lowest BCUT2D eigenvalue weighted by molar-refractivity contribution is 0.0331. The predicted octanol–water partition coefficient (Wildman–Crippen LogP) is 3.62. The van der Waals surface area contributed by atoms with Gasteiger partial charge in [-0.25, -0.2) is 4.79 Å². The average Bonchev–Trinajstić information content (AvgIpc) is 3.00. The van der Waals surface area contributed by atoms with Gasteiger partial charge in [0.25, 0.3) is 0 Å². The number of fused-ring (bicyclic) bond motifs is 2. The number of para-hydroxylation sites is 2. The summed E-state index contributed by atoms with van der Waals surface area (Å²) in [7, 11) is 2.02. The molecule has 2 aromatic rings. The van der Waals surface area contributed by atoms with Crippen LogP contribution in [0.3, 0.4) is 0 Å². The minimum Gasteiger partial charge on any atom is -0.450 e. The minimum absolute atomic E-state index is 0.297. The number of rotatable bonds is 5. The Morgan fingerprint density at radius 3 is 2.23 bits per heavy atom. The lowest BCUT2D eigenvalue weighted by atomic mass is 10.0. The molecule has 0 aromatic heterocycles. The maximum absolute atomic E-state index is 11.0. The molecular weight excluding hydrogens is 378 g/mol. The van der Waals surface area contributed by atoms with E-state index in [2.05, 4.69) is 63.2 Å². The molecule has 2 aliphatic heterocycles. The second-order valence-corrected chi connectivity index (χ2v) is 8.33. The van der Waals surface area contributed by atoms with E-state index >= 15 is 0 Å². The number of benzene rings is 2. The number of carboxylic acid groups (broad SMARTS) is 1. The number of anilines is 2. The molecule has 4 rings (SSSR count). The molecule has 0 aliphatic carbocycles. The summed E-state index contributed by atoms with van der Waals surface area (Å²) in [4.78, 5) is 18.0. The molecule has 0 bridgehead atoms. The molecule has 6 heteroatoms. The maximum Gasteiger partial charge on any atom is 0.506 e. The largest absolute Gasteiger partial charge is 0.506 e. The Labute approximate surface area is 178 Å². The third-order valence-corrected chi connectivity index (χ3v) is 6.13. The fraction of sp³-hybridized carbons (Fsp3) is 0.458. The van der Waals surface area contributed by atoms with Crippen molar-refractivity contribution in [1.29, 1.82) is 0 Å². The van der Waals surface area contributed by atoms with Crippen LogP contribution in [0.2, 0.25) is 0 Å². The number of hydrogen-bond acceptors (Lipinski definition) is 5. The monoisotopic (exact) mass is 409 g/mol. The summed E-state index contributed by atoms with van der Waals surface area (Å²) in [6, 6.07) is 17.5. The molecule has 2 heterocycles. The lowest BCUT2D eigenvalue weighted by Crippen LogP contribution is -2.37. The quantitative estimate of drug-likeness (QED) is 0.762. The smallest absolute Gasteiger partial charge is 0.450 e. The van der Waals surface area contributed by atoms with Crippen LogP contribution >= 0.6 is 0 Å². The van der Waals surface area contributed by atoms with Crippen molar-refractivity contribution in [2.45, 2.75) is 25.4 Å². The summed E-state index contributed by atoms with van der Waals surface area (Å²) in [5, 5.41) is 9.02. The van der Waals surface area contributed by atoms with E-state index in [1.165, 1.54) is 22.5 Å². The third-order valence-electron chi connectivity index (χ3n) is 6.13. The summed E-state index contributed by atoms with van der Waals surface area (Å²) in [5.41, 5.74) is 5.43. The van der Waals surface area contributed by atoms with E-state index in [4.69, 9.17) is 9.84 Å². The first kappa shape index (κ1) is 20.7. The van der Waals surface area contributed by atoms with Gasteiger partial charge >= 0.3 is 6.16 Å². The third kappa shape index (κ3) is 4.94. The fourth-order valence-electron chi connectivity index (χ4n) is 4.67. The normalized spacial score (nSPS) is 20.0. The van der Waals surface area contributed by atoms with Gasteiger partial charge in [0.1, 0.15) is 6.10 Å². The second-order valence-electron chi connectivity index (χ2n) is 8.33. The van der Waals surface area contributed by atoms with E-state index in [9.17, 15) is 4.79 Å². The standard InChI is InChI=1S/C24H31N3O3/c1-25-15-16-26(18-21(17-25)30-24(28)29)13-6-14-27-22-9-4-2-7-19(22)11-12-20-8-3-5-10-23(20)27/h2-5,7-10,21H,6,11-18H2,1H3,(H,28,29). The van der Waals surface area contributed by atoms with Crippen molar-refractivity contribution in [3.8, 4) is 0 Å². The molecule has 1 N–H and O–H groups in total. The van der Waals surface area contributed by atoms with Crippen LogP contribution in [0.25, 0.3) is 0 Å². The highest BCUT2D eigenvalue weighted by atomic mass is 16.7. The zero-order chi connectivity index (χ0) is 20.9. The number of nitrogens with zero attached hydrogens (tertiary/aromatic N) is 3. The molecule has 0 spiro atoms. The zero-order valence-electron chi connectivity index (χ0n) is 17.7. The first-order valence-corrected chi connectivity index (χ1v) is 10.8. The van der Waals surface area contributed by atoms with Crippen LogP contribution in [-0.2, 0) is 17.6 Å². The Balaban J connectivity index is 1.45. The highest BCUT2D eigenvalue weighted by Gasteiger charge is 2.24. The van der Waals surface area contributed by atoms with E-state index < -0.39 is 6.16 Å². The van der Waals surface area contributed by atoms with Crippen LogP contribution < -0.4 is 4.90 Å². The fourth-order valence-corrected chi connectivity index (χ4v) is 4.67. The Morgan fingerprint density at radius 1 is 0.967 bits per heavy atom. The molecule has 1 unspecified atom stereocenters. The van der Waals surface area contributed by atoms with Crippen molar-refractivity contribution >= 4 is 17.5 Å². The van der Waals surface area contributed by atoms with Gasteiger partial charge in [-0.05, 0) is 49.6 Å². The maximum atomic E-state index is 11.0. The van der Waals surface area contributed by atoms with E-state index in [1.807, 2.05) is 7.05 Å². The van der Waals surface area contributed by atoms with Gasteiger partial charge < -0.3 is 19.6 Å². The van der Waals surface area contributed by atoms with Crippen LogP contribution in [0.1, 0.15) is 17.5 Å². The molecule has 2 aromatic carbocycles. The number of likely N-dealkylation sites (N-methyl/N-ethyl adjacent to an activating group) is 1. The van der Waals surface area contributed by atoms with Gasteiger partial charge in [0.05, 0.1) is 0 Å². The van der Waals surface area contributed by atoms with Crippen molar-refractivity contribution in [2.75, 3.05) is 51.2 Å². The van der Waals surface area contributed by atoms with Crippen LogP contribution in [0.4, 0.5) is 16.2 Å². The molecule has 1 atom stereocenters. The molecular formula is C24H31N3O3. The molecule has 160 valence electrons. The Bertz CT molecular complexity index is 825. The number of carbonyl (C=O) groups is 1. The van der Waals surface area contributed by atoms with Crippen molar-refractivity contribution < 1.29 is 14.6 Å². The van der Waals surface area contributed by atoms with Crippen LogP contribution in [0.5, 0.6) is 0 Å². The molecule has 0 amide bonds. The molecule has 6 nitrogen and oxygen atoms in total. The van der Waals surface area contributed by atoms with Gasteiger partial charge in [-0.15, -0.1) is 0 Å². The Kier molecular flexibility index (Phi) is 6.55. The van der Waals surface area contributed by atoms with E-state index in [-0.39, 0.29) is 6.10 Å². The van der Waals surface area contributed by atoms with Crippen LogP contribution in [0, 0.1) is 0 Å². The summed E-state index contributed by atoms with van der Waals surface area (Å²) in [6.07, 6.45) is 1.65. The zero-order valence-corrected chi connectivity index (χ0v) is 17.7. The summed E-state index contributed by atoms with van der Waals surface area (Å²) < 4.78 is 5.10. The van der Waals surface area contributed by atoms with E-state index in [0.29, 0.717) is 13.1 Å². The van der Waals surface area contributed by atoms with Crippen LogP contribution in [0.15, 0.2) is 48.5 Å². The van der Waals surface area contributed by atoms with E-state index in [1.54, 1.807) is 0 Å². The van der Waals surface area contributed by atoms with E-state index in [0.717, 1.165) is 45.4 Å². The Hall–Kier alpha value is -2.57.